The van der Waals surface area contributed by atoms with Crippen molar-refractivity contribution >= 4 is 40.7 Å². The van der Waals surface area contributed by atoms with Crippen LogP contribution in [0.4, 0.5) is 0 Å². The molecule has 0 amide bonds. The van der Waals surface area contributed by atoms with E-state index in [2.05, 4.69) is 51.7 Å². The summed E-state index contributed by atoms with van der Waals surface area (Å²) in [6.07, 6.45) is 2.20. The quantitative estimate of drug-likeness (QED) is 0.321. The third-order valence-electron chi connectivity index (χ3n) is 5.39. The predicted octanol–water partition coefficient (Wildman–Crippen LogP) is 3.55. The third-order valence-corrected chi connectivity index (χ3v) is 6.77. The van der Waals surface area contributed by atoms with Gasteiger partial charge in [-0.25, -0.2) is 0 Å². The van der Waals surface area contributed by atoms with Crippen molar-refractivity contribution in [2.75, 3.05) is 32.4 Å². The molecule has 1 unspecified atom stereocenters. The fourth-order valence-corrected chi connectivity index (χ4v) is 4.59. The highest BCUT2D eigenvalue weighted by Crippen LogP contribution is 2.16. The molecule has 0 bridgehead atoms. The predicted molar refractivity (Wildman–Crippen MR) is 137 cm³/mol. The molecule has 0 aromatic heterocycles. The Morgan fingerprint density at radius 1 is 1.10 bits per heavy atom. The Balaban J connectivity index is 0.00000320. The smallest absolute Gasteiger partial charge is 0.191 e. The van der Waals surface area contributed by atoms with E-state index < -0.39 is 10.8 Å². The maximum atomic E-state index is 12.3. The number of nitrogens with one attached hydrogen (secondary N) is 2. The Bertz CT molecular complexity index is 823. The Labute approximate surface area is 200 Å². The molecular formula is C23H33IN4OS. The number of likely N-dealkylation sites (tertiary alicyclic amines) is 1. The first-order chi connectivity index (χ1) is 14.2. The van der Waals surface area contributed by atoms with E-state index in [1.165, 1.54) is 11.1 Å². The number of halogens is 1. The summed E-state index contributed by atoms with van der Waals surface area (Å²) in [6.45, 7) is 6.01. The largest absolute Gasteiger partial charge is 0.355 e. The zero-order valence-corrected chi connectivity index (χ0v) is 21.0. The van der Waals surface area contributed by atoms with E-state index in [0.29, 0.717) is 18.3 Å². The number of benzene rings is 2. The fourth-order valence-electron chi connectivity index (χ4n) is 3.60. The molecule has 0 radical (unpaired) electrons. The van der Waals surface area contributed by atoms with E-state index >= 15 is 0 Å². The summed E-state index contributed by atoms with van der Waals surface area (Å²) in [6, 6.07) is 18.7. The van der Waals surface area contributed by atoms with Gasteiger partial charge in [-0.2, -0.15) is 0 Å². The molecule has 2 aromatic carbocycles. The first kappa shape index (κ1) is 24.8. The Morgan fingerprint density at radius 2 is 1.77 bits per heavy atom. The lowest BCUT2D eigenvalue weighted by molar-refractivity contribution is 0.198. The van der Waals surface area contributed by atoms with Gasteiger partial charge in [0.1, 0.15) is 0 Å². The van der Waals surface area contributed by atoms with Crippen LogP contribution in [-0.2, 0) is 17.3 Å². The summed E-state index contributed by atoms with van der Waals surface area (Å²) in [5.74, 6) is 1.37. The lowest BCUT2D eigenvalue weighted by atomic mass is 10.0. The van der Waals surface area contributed by atoms with Gasteiger partial charge >= 0.3 is 0 Å². The van der Waals surface area contributed by atoms with E-state index in [1.54, 1.807) is 7.05 Å². The maximum Gasteiger partial charge on any atom is 0.191 e. The molecule has 0 aliphatic carbocycles. The van der Waals surface area contributed by atoms with Gasteiger partial charge in [0, 0.05) is 49.9 Å². The molecule has 1 aliphatic rings. The van der Waals surface area contributed by atoms with Crippen LogP contribution in [0.15, 0.2) is 64.5 Å². The fraction of sp³-hybridized carbons (Fsp3) is 0.435. The lowest BCUT2D eigenvalue weighted by Crippen LogP contribution is -2.49. The van der Waals surface area contributed by atoms with Crippen molar-refractivity contribution in [1.29, 1.82) is 0 Å². The number of hydrogen-bond acceptors (Lipinski definition) is 3. The van der Waals surface area contributed by atoms with Crippen LogP contribution in [0.3, 0.4) is 0 Å². The number of hydrogen-bond donors (Lipinski definition) is 2. The lowest BCUT2D eigenvalue weighted by Gasteiger charge is -2.33. The summed E-state index contributed by atoms with van der Waals surface area (Å²) < 4.78 is 12.3. The van der Waals surface area contributed by atoms with Gasteiger partial charge in [-0.1, -0.05) is 42.5 Å². The van der Waals surface area contributed by atoms with E-state index in [4.69, 9.17) is 0 Å². The second kappa shape index (κ2) is 13.1. The average molecular weight is 541 g/mol. The van der Waals surface area contributed by atoms with Crippen molar-refractivity contribution in [3.8, 4) is 0 Å². The number of piperidine rings is 1. The summed E-state index contributed by atoms with van der Waals surface area (Å²) in [5, 5.41) is 6.84. The van der Waals surface area contributed by atoms with E-state index in [9.17, 15) is 4.21 Å². The molecule has 164 valence electrons. The zero-order valence-electron chi connectivity index (χ0n) is 17.8. The van der Waals surface area contributed by atoms with E-state index in [1.807, 2.05) is 30.3 Å². The topological polar surface area (TPSA) is 56.7 Å². The Hall–Kier alpha value is -1.45. The zero-order chi connectivity index (χ0) is 20.5. The first-order valence-electron chi connectivity index (χ1n) is 10.3. The maximum absolute atomic E-state index is 12.3. The monoisotopic (exact) mass is 540 g/mol. The third kappa shape index (κ3) is 7.67. The summed E-state index contributed by atoms with van der Waals surface area (Å²) >= 11 is 0. The highest BCUT2D eigenvalue weighted by atomic mass is 127. The molecule has 1 heterocycles. The summed E-state index contributed by atoms with van der Waals surface area (Å²) in [4.78, 5) is 7.73. The van der Waals surface area contributed by atoms with Crippen LogP contribution in [0.2, 0.25) is 0 Å². The molecule has 1 aliphatic heterocycles. The van der Waals surface area contributed by atoms with Gasteiger partial charge in [0.2, 0.25) is 0 Å². The van der Waals surface area contributed by atoms with Crippen molar-refractivity contribution in [2.24, 2.45) is 4.99 Å². The van der Waals surface area contributed by atoms with Crippen LogP contribution in [0.25, 0.3) is 0 Å². The molecule has 2 aromatic rings. The minimum Gasteiger partial charge on any atom is -0.355 e. The number of aliphatic imine (C=N–C) groups is 1. The van der Waals surface area contributed by atoms with Crippen molar-refractivity contribution in [1.82, 2.24) is 15.5 Å². The van der Waals surface area contributed by atoms with Crippen LogP contribution in [-0.4, -0.2) is 53.5 Å². The van der Waals surface area contributed by atoms with Gasteiger partial charge in [-0.3, -0.25) is 14.1 Å². The normalized spacial score (nSPS) is 16.5. The van der Waals surface area contributed by atoms with E-state index in [-0.39, 0.29) is 24.0 Å². The van der Waals surface area contributed by atoms with E-state index in [0.717, 1.165) is 43.3 Å². The molecule has 7 heteroatoms. The molecule has 30 heavy (non-hydrogen) atoms. The standard InChI is InChI=1S/C23H32N4OS.HI/c1-19-8-6-7-9-20(19)18-27-15-12-21(13-16-27)26-23(24-2)25-14-17-29(28)22-10-4-3-5-11-22;/h3-11,21H,12-18H2,1-2H3,(H2,24,25,26);1H. The average Bonchev–Trinajstić information content (AvgIpc) is 2.76. The number of nitrogens with zero attached hydrogens (tertiary/aromatic N) is 2. The first-order valence-corrected chi connectivity index (χ1v) is 11.6. The van der Waals surface area contributed by atoms with Crippen LogP contribution in [0, 0.1) is 6.92 Å². The SMILES string of the molecule is CN=C(NCCS(=O)c1ccccc1)NC1CCN(Cc2ccccc2C)CC1.I. The minimum atomic E-state index is -0.987. The second-order valence-corrected chi connectivity index (χ2v) is 9.05. The van der Waals surface area contributed by atoms with Crippen LogP contribution in [0.1, 0.15) is 24.0 Å². The van der Waals surface area contributed by atoms with Gasteiger partial charge in [0.25, 0.3) is 0 Å². The highest BCUT2D eigenvalue weighted by Gasteiger charge is 2.20. The molecule has 1 fully saturated rings. The second-order valence-electron chi connectivity index (χ2n) is 7.48. The van der Waals surface area contributed by atoms with Gasteiger partial charge in [-0.05, 0) is 43.0 Å². The summed E-state index contributed by atoms with van der Waals surface area (Å²) in [7, 11) is 0.802. The summed E-state index contributed by atoms with van der Waals surface area (Å²) in [5.41, 5.74) is 2.79. The van der Waals surface area contributed by atoms with Crippen molar-refractivity contribution in [2.45, 2.75) is 37.2 Å². The Kier molecular flexibility index (Phi) is 10.8. The van der Waals surface area contributed by atoms with Crippen LogP contribution >= 0.6 is 24.0 Å². The minimum absolute atomic E-state index is 0. The number of rotatable bonds is 7. The number of aryl methyl sites for hydroxylation is 1. The van der Waals surface area contributed by atoms with Crippen LogP contribution < -0.4 is 10.6 Å². The van der Waals surface area contributed by atoms with Gasteiger partial charge in [0.15, 0.2) is 5.96 Å². The molecule has 1 atom stereocenters. The molecular weight excluding hydrogens is 507 g/mol. The molecule has 2 N–H and O–H groups in total. The molecule has 0 saturated carbocycles. The van der Waals surface area contributed by atoms with Crippen molar-refractivity contribution in [3.05, 3.63) is 65.7 Å². The van der Waals surface area contributed by atoms with Gasteiger partial charge in [-0.15, -0.1) is 24.0 Å². The molecule has 5 nitrogen and oxygen atoms in total. The van der Waals surface area contributed by atoms with Gasteiger partial charge in [0.05, 0.1) is 10.8 Å². The Morgan fingerprint density at radius 3 is 2.43 bits per heavy atom. The van der Waals surface area contributed by atoms with Crippen molar-refractivity contribution < 1.29 is 4.21 Å². The van der Waals surface area contributed by atoms with Crippen molar-refractivity contribution in [3.63, 3.8) is 0 Å². The van der Waals surface area contributed by atoms with Gasteiger partial charge < -0.3 is 10.6 Å². The molecule has 0 spiro atoms. The highest BCUT2D eigenvalue weighted by molar-refractivity contribution is 14.0. The molecule has 1 saturated heterocycles. The molecule has 3 rings (SSSR count). The van der Waals surface area contributed by atoms with Crippen LogP contribution in [0.5, 0.6) is 0 Å². The number of guanidine groups is 1.